The number of phenolic OH excluding ortho intramolecular Hbond substituents is 2. The van der Waals surface area contributed by atoms with Gasteiger partial charge in [-0.1, -0.05) is 187 Å². The SMILES string of the molecule is Cc1cc(-c2ccccc2OC[C@@H]2CCCC[C@H]2COc2ccccc2-c2cc(C)cc(-n3c4ccccc4c4ccccc43)c2O)c(O)c(-n2c3ccccc3c3ccccc32)c1.[CH2-][Si](C)(C)CCCCCCCC.[CH3-].[Zr+2]. The van der Waals surface area contributed by atoms with Gasteiger partial charge in [0.25, 0.3) is 0 Å². The molecule has 1 aliphatic rings. The van der Waals surface area contributed by atoms with Crippen molar-refractivity contribution >= 4 is 51.7 Å². The molecule has 0 radical (unpaired) electrons. The number of ether oxygens (including phenoxy) is 2. The Morgan fingerprint density at radius 3 is 1.22 bits per heavy atom. The average molecular weight is 1130 g/mol. The van der Waals surface area contributed by atoms with Crippen molar-refractivity contribution in [1.29, 1.82) is 0 Å². The van der Waals surface area contributed by atoms with Gasteiger partial charge in [-0.2, -0.15) is 0 Å². The van der Waals surface area contributed by atoms with E-state index in [0.717, 1.165) is 126 Å². The van der Waals surface area contributed by atoms with Crippen LogP contribution in [-0.2, 0) is 26.2 Å². The molecule has 0 saturated heterocycles. The number of benzene rings is 8. The first-order valence-corrected chi connectivity index (χ1v) is 31.3. The Morgan fingerprint density at radius 1 is 0.487 bits per heavy atom. The van der Waals surface area contributed by atoms with Crippen LogP contribution >= 0.6 is 0 Å². The van der Waals surface area contributed by atoms with Gasteiger partial charge >= 0.3 is 26.2 Å². The first-order valence-electron chi connectivity index (χ1n) is 27.9. The van der Waals surface area contributed by atoms with Gasteiger partial charge in [0.1, 0.15) is 23.0 Å². The molecule has 6 nitrogen and oxygen atoms in total. The van der Waals surface area contributed by atoms with Crippen LogP contribution in [0.5, 0.6) is 23.0 Å². The van der Waals surface area contributed by atoms with Crippen LogP contribution in [0, 0.1) is 39.7 Å². The molecule has 11 rings (SSSR count). The molecule has 10 aromatic rings. The van der Waals surface area contributed by atoms with Gasteiger partial charge < -0.3 is 42.8 Å². The number of unbranched alkanes of at least 4 members (excludes halogenated alkanes) is 5. The molecule has 0 amide bonds. The number of nitrogens with zero attached hydrogens (tertiary/aromatic N) is 2. The van der Waals surface area contributed by atoms with Crippen molar-refractivity contribution in [3.05, 3.63) is 195 Å². The zero-order chi connectivity index (χ0) is 52.8. The topological polar surface area (TPSA) is 68.8 Å². The molecule has 1 saturated carbocycles. The van der Waals surface area contributed by atoms with Gasteiger partial charge in [0.2, 0.25) is 0 Å². The van der Waals surface area contributed by atoms with E-state index >= 15 is 0 Å². The summed E-state index contributed by atoms with van der Waals surface area (Å²) < 4.78 is 18.0. The molecule has 2 heterocycles. The average Bonchev–Trinajstić information content (AvgIpc) is 4.15. The Bertz CT molecular complexity index is 3290. The van der Waals surface area contributed by atoms with Crippen molar-refractivity contribution in [1.82, 2.24) is 9.13 Å². The third-order valence-corrected chi connectivity index (χ3v) is 17.4. The Morgan fingerprint density at radius 2 is 0.833 bits per heavy atom. The molecular weight excluding hydrogens is 1050 g/mol. The predicted octanol–water partition coefficient (Wildman–Crippen LogP) is 19.4. The fourth-order valence-electron chi connectivity index (χ4n) is 11.8. The third kappa shape index (κ3) is 12.6. The van der Waals surface area contributed by atoms with Gasteiger partial charge in [0, 0.05) is 43.8 Å². The maximum atomic E-state index is 12.2. The molecule has 2 atom stereocenters. The number of para-hydroxylation sites is 6. The number of aromatic hydroxyl groups is 2. The Labute approximate surface area is 484 Å². The summed E-state index contributed by atoms with van der Waals surface area (Å²) in [6.07, 6.45) is 12.9. The van der Waals surface area contributed by atoms with Gasteiger partial charge in [-0.05, 0) is 110 Å². The van der Waals surface area contributed by atoms with E-state index in [1.807, 2.05) is 48.5 Å². The summed E-state index contributed by atoms with van der Waals surface area (Å²) in [6.45, 7) is 16.5. The van der Waals surface area contributed by atoms with E-state index < -0.39 is 8.07 Å². The zero-order valence-electron chi connectivity index (χ0n) is 46.8. The van der Waals surface area contributed by atoms with Crippen LogP contribution in [0.2, 0.25) is 19.1 Å². The second-order valence-electron chi connectivity index (χ2n) is 22.2. The van der Waals surface area contributed by atoms with Crippen LogP contribution in [0.4, 0.5) is 0 Å². The molecular formula is C70H78N2O4SiZr. The second-order valence-corrected chi connectivity index (χ2v) is 27.0. The second kappa shape index (κ2) is 26.1. The number of fused-ring (bicyclic) bond motifs is 6. The number of phenols is 2. The Kier molecular flexibility index (Phi) is 19.3. The molecule has 8 aromatic carbocycles. The van der Waals surface area contributed by atoms with E-state index in [-0.39, 0.29) is 57.0 Å². The van der Waals surface area contributed by atoms with E-state index in [1.165, 1.54) is 44.6 Å². The summed E-state index contributed by atoms with van der Waals surface area (Å²) in [4.78, 5) is 0. The largest absolute Gasteiger partial charge is 2.00 e. The number of aryl methyl sites for hydroxylation is 2. The van der Waals surface area contributed by atoms with Crippen LogP contribution in [0.15, 0.2) is 170 Å². The van der Waals surface area contributed by atoms with E-state index in [0.29, 0.717) is 13.2 Å². The first-order chi connectivity index (χ1) is 37.0. The van der Waals surface area contributed by atoms with Crippen molar-refractivity contribution < 1.29 is 45.9 Å². The quantitative estimate of drug-likeness (QED) is 0.0542. The molecule has 1 fully saturated rings. The molecule has 0 spiro atoms. The standard InChI is InChI=1S/C58H50N2O4.C11H25Si.CH3.Zr/c1-37-31-47(57(61)53(33-37)59-49-25-11-5-19-41(49)42-20-6-12-26-50(42)59)45-23-9-15-29-55(45)63-35-39-17-3-4-18-40(39)36-64-56-30-16-10-24-46(56)48-32-38(2)34-54(58(48)62)60-51-27-13-7-21-43(51)44-22-8-14-28-52(44)60;1-5-6-7-8-9-10-11-12(2,3)4;;/h5-16,19-34,39-40,61-62H,3-4,17-18,35-36H2,1-2H3;2,5-11H2,1,3-4H3;1H3;/q;2*-1;+2/t39-,40-;;;/m0.../s1. The maximum Gasteiger partial charge on any atom is 2.00 e. The Balaban J connectivity index is 0.000000515. The van der Waals surface area contributed by atoms with Gasteiger partial charge in [-0.15, -0.1) is 8.07 Å². The minimum Gasteiger partial charge on any atom is -0.505 e. The van der Waals surface area contributed by atoms with Crippen LogP contribution in [-0.4, -0.2) is 40.6 Å². The smallest absolute Gasteiger partial charge is 0.505 e. The molecule has 0 unspecified atom stereocenters. The minimum atomic E-state index is -0.976. The van der Waals surface area contributed by atoms with Crippen molar-refractivity contribution in [2.24, 2.45) is 11.8 Å². The third-order valence-electron chi connectivity index (χ3n) is 15.6. The monoisotopic (exact) mass is 1130 g/mol. The summed E-state index contributed by atoms with van der Waals surface area (Å²) >= 11 is 0. The zero-order valence-corrected chi connectivity index (χ0v) is 50.3. The Hall–Kier alpha value is -6.34. The fourth-order valence-corrected chi connectivity index (χ4v) is 13.0. The molecule has 1 aliphatic carbocycles. The summed E-state index contributed by atoms with van der Waals surface area (Å²) in [5.74, 6) is 2.50. The molecule has 0 bridgehead atoms. The minimum absolute atomic E-state index is 0. The molecule has 2 N–H and O–H groups in total. The van der Waals surface area contributed by atoms with Crippen LogP contribution in [0.25, 0.3) is 77.2 Å². The number of aromatic nitrogens is 2. The molecule has 78 heavy (non-hydrogen) atoms. The number of hydrogen-bond acceptors (Lipinski definition) is 4. The van der Waals surface area contributed by atoms with Crippen LogP contribution in [0.3, 0.4) is 0 Å². The maximum absolute atomic E-state index is 12.2. The fraction of sp³-hybridized carbons (Fsp3) is 0.286. The normalized spacial score (nSPS) is 14.4. The van der Waals surface area contributed by atoms with Gasteiger partial charge in [-0.25, -0.2) is 0 Å². The molecule has 400 valence electrons. The van der Waals surface area contributed by atoms with Gasteiger partial charge in [0.15, 0.2) is 0 Å². The summed E-state index contributed by atoms with van der Waals surface area (Å²) in [5, 5.41) is 29.0. The van der Waals surface area contributed by atoms with Crippen molar-refractivity contribution in [2.75, 3.05) is 13.2 Å². The predicted molar refractivity (Wildman–Crippen MR) is 329 cm³/mol. The number of hydrogen-bond donors (Lipinski definition) is 2. The van der Waals surface area contributed by atoms with Crippen molar-refractivity contribution in [2.45, 2.75) is 104 Å². The molecule has 8 heteroatoms. The summed E-state index contributed by atoms with van der Waals surface area (Å²) in [6, 6.07) is 59.3. The van der Waals surface area contributed by atoms with Gasteiger partial charge in [-0.3, -0.25) is 0 Å². The number of rotatable bonds is 17. The summed E-state index contributed by atoms with van der Waals surface area (Å²) in [5.41, 5.74) is 11.0. The van der Waals surface area contributed by atoms with E-state index in [2.05, 4.69) is 171 Å². The van der Waals surface area contributed by atoms with E-state index in [1.54, 1.807) is 0 Å². The van der Waals surface area contributed by atoms with Crippen molar-refractivity contribution in [3.63, 3.8) is 0 Å². The van der Waals surface area contributed by atoms with Gasteiger partial charge in [0.05, 0.1) is 46.7 Å². The van der Waals surface area contributed by atoms with E-state index in [9.17, 15) is 10.2 Å². The first kappa shape index (κ1) is 57.8. The molecule has 2 aromatic heterocycles. The van der Waals surface area contributed by atoms with Crippen molar-refractivity contribution in [3.8, 4) is 56.6 Å². The van der Waals surface area contributed by atoms with Crippen LogP contribution in [0.1, 0.15) is 82.3 Å². The van der Waals surface area contributed by atoms with Crippen LogP contribution < -0.4 is 9.47 Å². The van der Waals surface area contributed by atoms with E-state index in [4.69, 9.17) is 9.47 Å². The summed E-state index contributed by atoms with van der Waals surface area (Å²) in [7, 11) is -0.976. The molecule has 0 aliphatic heterocycles.